The zero-order chi connectivity index (χ0) is 26.4. The second-order valence-electron chi connectivity index (χ2n) is 8.60. The number of pyridine rings is 1. The Balaban J connectivity index is 1.38. The van der Waals surface area contributed by atoms with Crippen LogP contribution in [0.3, 0.4) is 0 Å². The minimum atomic E-state index is -1.13. The molecule has 2 aromatic carbocycles. The zero-order valence-electron chi connectivity index (χ0n) is 20.6. The Hall–Kier alpha value is -4.31. The van der Waals surface area contributed by atoms with Gasteiger partial charge in [0.1, 0.15) is 11.3 Å². The van der Waals surface area contributed by atoms with Crippen LogP contribution >= 0.6 is 0 Å². The number of carboxylic acids is 1. The summed E-state index contributed by atoms with van der Waals surface area (Å²) in [5.41, 5.74) is 2.86. The lowest BCUT2D eigenvalue weighted by Gasteiger charge is -2.19. The molecule has 10 heteroatoms. The molecule has 0 unspecified atom stereocenters. The van der Waals surface area contributed by atoms with E-state index in [1.54, 1.807) is 37.6 Å². The first-order valence-electron chi connectivity index (χ1n) is 11.8. The molecular weight excluding hydrogens is 476 g/mol. The molecule has 0 aliphatic heterocycles. The number of nitrogens with zero attached hydrogens (tertiary/aromatic N) is 4. The van der Waals surface area contributed by atoms with E-state index < -0.39 is 23.6 Å². The van der Waals surface area contributed by atoms with Gasteiger partial charge in [-0.05, 0) is 48.6 Å². The highest BCUT2D eigenvalue weighted by molar-refractivity contribution is 5.83. The third-order valence-electron chi connectivity index (χ3n) is 6.33. The van der Waals surface area contributed by atoms with Gasteiger partial charge in [0.25, 0.3) is 5.56 Å². The molecular formula is C27H28N4O6. The van der Waals surface area contributed by atoms with E-state index in [0.717, 1.165) is 21.4 Å². The topological polar surface area (TPSA) is 137 Å². The number of carboxylic acid groups (broad SMARTS) is 1. The van der Waals surface area contributed by atoms with E-state index in [0.29, 0.717) is 29.0 Å². The molecule has 10 nitrogen and oxygen atoms in total. The number of aliphatic hydroxyl groups is 1. The van der Waals surface area contributed by atoms with Gasteiger partial charge in [0.05, 0.1) is 31.6 Å². The Morgan fingerprint density at radius 3 is 2.41 bits per heavy atom. The first kappa shape index (κ1) is 25.8. The van der Waals surface area contributed by atoms with E-state index in [-0.39, 0.29) is 19.4 Å². The minimum Gasteiger partial charge on any atom is -0.494 e. The summed E-state index contributed by atoms with van der Waals surface area (Å²) in [5, 5.41) is 28.7. The normalized spacial score (nSPS) is 12.7. The molecule has 0 fully saturated rings. The van der Waals surface area contributed by atoms with Crippen molar-refractivity contribution in [1.29, 1.82) is 0 Å². The molecule has 0 radical (unpaired) electrons. The summed E-state index contributed by atoms with van der Waals surface area (Å²) >= 11 is 0. The van der Waals surface area contributed by atoms with Crippen molar-refractivity contribution in [2.75, 3.05) is 14.2 Å². The average Bonchev–Trinajstić information content (AvgIpc) is 2.93. The highest BCUT2D eigenvalue weighted by atomic mass is 16.5. The molecule has 37 heavy (non-hydrogen) atoms. The summed E-state index contributed by atoms with van der Waals surface area (Å²) in [6, 6.07) is 16.5. The standard InChI is InChI=1S/C27H28N4O6/c1-36-23-5-3-4-21-25(23)29-30-31(26(21)33)15-14-20(27(34)35)22(32)12-8-17-6-9-18(10-7-17)19-11-13-24(37-2)28-16-19/h3-7,9-11,13,16,20,22,32H,8,12,14-15H2,1-2H3,(H,34,35)/t20-,22-/m1/s1. The molecule has 4 rings (SSSR count). The lowest BCUT2D eigenvalue weighted by atomic mass is 9.93. The SMILES string of the molecule is COc1ccc(-c2ccc(CC[C@@H](O)[C@@H](CCn3nnc4c(OC)cccc4c3=O)C(=O)O)cc2)cn1. The van der Waals surface area contributed by atoms with Crippen LogP contribution in [0.2, 0.25) is 0 Å². The number of methoxy groups -OCH3 is 2. The van der Waals surface area contributed by atoms with Crippen LogP contribution in [-0.2, 0) is 17.8 Å². The van der Waals surface area contributed by atoms with Crippen LogP contribution < -0.4 is 15.0 Å². The van der Waals surface area contributed by atoms with Gasteiger partial charge in [0.15, 0.2) is 0 Å². The second-order valence-corrected chi connectivity index (χ2v) is 8.60. The van der Waals surface area contributed by atoms with E-state index >= 15 is 0 Å². The molecule has 0 amide bonds. The molecule has 2 aromatic heterocycles. The van der Waals surface area contributed by atoms with E-state index in [1.165, 1.54) is 7.11 Å². The number of rotatable bonds is 11. The van der Waals surface area contributed by atoms with Gasteiger partial charge in [0, 0.05) is 24.4 Å². The summed E-state index contributed by atoms with van der Waals surface area (Å²) in [6.07, 6.45) is 1.44. The number of carbonyl (C=O) groups is 1. The average molecular weight is 505 g/mol. The van der Waals surface area contributed by atoms with Gasteiger partial charge in [-0.3, -0.25) is 9.59 Å². The fraction of sp³-hybridized carbons (Fsp3) is 0.296. The van der Waals surface area contributed by atoms with E-state index in [9.17, 15) is 19.8 Å². The molecule has 2 N–H and O–H groups in total. The smallest absolute Gasteiger partial charge is 0.309 e. The van der Waals surface area contributed by atoms with Crippen molar-refractivity contribution in [3.63, 3.8) is 0 Å². The second kappa shape index (κ2) is 11.6. The van der Waals surface area contributed by atoms with Gasteiger partial charge in [-0.15, -0.1) is 5.10 Å². The highest BCUT2D eigenvalue weighted by Crippen LogP contribution is 2.23. The summed E-state index contributed by atoms with van der Waals surface area (Å²) in [7, 11) is 3.04. The van der Waals surface area contributed by atoms with Crippen molar-refractivity contribution >= 4 is 16.9 Å². The van der Waals surface area contributed by atoms with Crippen molar-refractivity contribution in [1.82, 2.24) is 20.0 Å². The number of fused-ring (bicyclic) bond motifs is 1. The van der Waals surface area contributed by atoms with Gasteiger partial charge in [0.2, 0.25) is 5.88 Å². The highest BCUT2D eigenvalue weighted by Gasteiger charge is 2.26. The predicted octanol–water partition coefficient (Wildman–Crippen LogP) is 2.96. The zero-order valence-corrected chi connectivity index (χ0v) is 20.6. The van der Waals surface area contributed by atoms with Crippen molar-refractivity contribution in [3.05, 3.63) is 76.7 Å². The Kier molecular flexibility index (Phi) is 8.09. The van der Waals surface area contributed by atoms with Crippen molar-refractivity contribution in [2.24, 2.45) is 5.92 Å². The maximum Gasteiger partial charge on any atom is 0.309 e. The molecule has 4 aromatic rings. The van der Waals surface area contributed by atoms with Crippen LogP contribution in [0.15, 0.2) is 65.6 Å². The fourth-order valence-corrected chi connectivity index (χ4v) is 4.18. The minimum absolute atomic E-state index is 0.0115. The van der Waals surface area contributed by atoms with Gasteiger partial charge in [-0.1, -0.05) is 35.5 Å². The first-order chi connectivity index (χ1) is 17.9. The molecule has 0 aliphatic carbocycles. The van der Waals surface area contributed by atoms with Crippen molar-refractivity contribution < 1.29 is 24.5 Å². The number of aromatic nitrogens is 4. The van der Waals surface area contributed by atoms with Gasteiger partial charge in [-0.25, -0.2) is 9.67 Å². The summed E-state index contributed by atoms with van der Waals surface area (Å²) in [4.78, 5) is 28.9. The number of aryl methyl sites for hydroxylation is 2. The number of aliphatic hydroxyl groups excluding tert-OH is 1. The summed E-state index contributed by atoms with van der Waals surface area (Å²) in [6.45, 7) is 0.0115. The molecule has 2 heterocycles. The largest absolute Gasteiger partial charge is 0.494 e. The van der Waals surface area contributed by atoms with Gasteiger partial charge in [-0.2, -0.15) is 0 Å². The third kappa shape index (κ3) is 5.92. The molecule has 0 bridgehead atoms. The quantitative estimate of drug-likeness (QED) is 0.316. The van der Waals surface area contributed by atoms with Gasteiger partial charge >= 0.3 is 5.97 Å². The first-order valence-corrected chi connectivity index (χ1v) is 11.8. The number of hydrogen-bond donors (Lipinski definition) is 2. The predicted molar refractivity (Wildman–Crippen MR) is 137 cm³/mol. The summed E-state index contributed by atoms with van der Waals surface area (Å²) < 4.78 is 11.4. The lowest BCUT2D eigenvalue weighted by molar-refractivity contribution is -0.146. The van der Waals surface area contributed by atoms with Crippen LogP contribution in [-0.4, -0.2) is 56.5 Å². The summed E-state index contributed by atoms with van der Waals surface area (Å²) in [5.74, 6) is -1.21. The number of aliphatic carboxylic acids is 1. The number of hydrogen-bond acceptors (Lipinski definition) is 8. The van der Waals surface area contributed by atoms with Crippen LogP contribution in [0.25, 0.3) is 22.0 Å². The Morgan fingerprint density at radius 1 is 1.00 bits per heavy atom. The lowest BCUT2D eigenvalue weighted by Crippen LogP contribution is -2.32. The van der Waals surface area contributed by atoms with Gasteiger partial charge < -0.3 is 19.7 Å². The Bertz CT molecular complexity index is 1420. The monoisotopic (exact) mass is 504 g/mol. The fourth-order valence-electron chi connectivity index (χ4n) is 4.18. The number of benzene rings is 2. The maximum absolute atomic E-state index is 12.8. The molecule has 0 aliphatic rings. The van der Waals surface area contributed by atoms with E-state index in [2.05, 4.69) is 15.3 Å². The van der Waals surface area contributed by atoms with Crippen LogP contribution in [0, 0.1) is 5.92 Å². The van der Waals surface area contributed by atoms with Crippen LogP contribution in [0.5, 0.6) is 11.6 Å². The van der Waals surface area contributed by atoms with E-state index in [4.69, 9.17) is 9.47 Å². The molecule has 0 saturated heterocycles. The molecule has 2 atom stereocenters. The van der Waals surface area contributed by atoms with Crippen molar-refractivity contribution in [2.45, 2.75) is 31.9 Å². The number of ether oxygens (including phenoxy) is 2. The maximum atomic E-state index is 12.8. The molecule has 0 saturated carbocycles. The molecule has 192 valence electrons. The third-order valence-corrected chi connectivity index (χ3v) is 6.33. The molecule has 0 spiro atoms. The van der Waals surface area contributed by atoms with Crippen molar-refractivity contribution in [3.8, 4) is 22.8 Å². The Labute approximate surface area is 213 Å². The van der Waals surface area contributed by atoms with Crippen LogP contribution in [0.4, 0.5) is 0 Å². The van der Waals surface area contributed by atoms with Crippen LogP contribution in [0.1, 0.15) is 18.4 Å². The van der Waals surface area contributed by atoms with E-state index in [1.807, 2.05) is 30.3 Å². The Morgan fingerprint density at radius 2 is 1.76 bits per heavy atom.